The zero-order valence-corrected chi connectivity index (χ0v) is 21.9. The summed E-state index contributed by atoms with van der Waals surface area (Å²) in [4.78, 5) is 0. The molecule has 0 amide bonds. The molecular formula is C26H40O2Sn. The molecule has 3 heteroatoms. The molecule has 0 saturated carbocycles. The molecule has 2 aromatic rings. The molecule has 0 fully saturated rings. The summed E-state index contributed by atoms with van der Waals surface area (Å²) >= 11 is -2.46. The van der Waals surface area contributed by atoms with E-state index in [9.17, 15) is 0 Å². The SMILES string of the molecule is CCC[CH2][Sn]([CH2]CCC)([CH2]CCC)[c]1ccc(OC)c(OCc2ccccc2)c1. The van der Waals surface area contributed by atoms with Crippen LogP contribution >= 0.6 is 0 Å². The van der Waals surface area contributed by atoms with Gasteiger partial charge in [-0.3, -0.25) is 0 Å². The summed E-state index contributed by atoms with van der Waals surface area (Å²) < 4.78 is 18.0. The van der Waals surface area contributed by atoms with Crippen molar-refractivity contribution in [3.05, 3.63) is 54.1 Å². The molecule has 0 saturated heterocycles. The second-order valence-electron chi connectivity index (χ2n) is 8.23. The van der Waals surface area contributed by atoms with Gasteiger partial charge in [-0.1, -0.05) is 0 Å². The fourth-order valence-electron chi connectivity index (χ4n) is 4.21. The number of unbranched alkanes of at least 4 members (excludes halogenated alkanes) is 3. The van der Waals surface area contributed by atoms with Gasteiger partial charge in [-0.15, -0.1) is 0 Å². The molecule has 0 bridgehead atoms. The van der Waals surface area contributed by atoms with Crippen molar-refractivity contribution in [1.82, 2.24) is 0 Å². The van der Waals surface area contributed by atoms with Crippen molar-refractivity contribution in [2.24, 2.45) is 0 Å². The van der Waals surface area contributed by atoms with E-state index in [2.05, 4.69) is 63.2 Å². The van der Waals surface area contributed by atoms with Crippen LogP contribution in [0, 0.1) is 0 Å². The second-order valence-corrected chi connectivity index (χ2v) is 21.5. The van der Waals surface area contributed by atoms with Crippen LogP contribution in [-0.2, 0) is 6.61 Å². The fourth-order valence-corrected chi connectivity index (χ4v) is 20.1. The van der Waals surface area contributed by atoms with Crippen LogP contribution in [-0.4, -0.2) is 25.5 Å². The average Bonchev–Trinajstić information content (AvgIpc) is 2.78. The molecule has 0 atom stereocenters. The molecule has 2 rings (SSSR count). The Hall–Kier alpha value is -1.16. The van der Waals surface area contributed by atoms with E-state index in [1.54, 1.807) is 10.7 Å². The van der Waals surface area contributed by atoms with E-state index >= 15 is 0 Å². The molecule has 0 aliphatic rings. The van der Waals surface area contributed by atoms with Crippen LogP contribution in [0.5, 0.6) is 11.5 Å². The van der Waals surface area contributed by atoms with Gasteiger partial charge in [0.15, 0.2) is 0 Å². The molecule has 2 nitrogen and oxygen atoms in total. The summed E-state index contributed by atoms with van der Waals surface area (Å²) in [7, 11) is 1.74. The maximum atomic E-state index is 6.27. The minimum absolute atomic E-state index is 0.585. The molecule has 2 aromatic carbocycles. The summed E-state index contributed by atoms with van der Waals surface area (Å²) in [5.41, 5.74) is 1.19. The van der Waals surface area contributed by atoms with Crippen molar-refractivity contribution >= 4 is 22.0 Å². The molecule has 0 aromatic heterocycles. The molecule has 0 aliphatic carbocycles. The van der Waals surface area contributed by atoms with Gasteiger partial charge in [-0.05, 0) is 0 Å². The fraction of sp³-hybridized carbons (Fsp3) is 0.538. The van der Waals surface area contributed by atoms with Crippen LogP contribution in [0.3, 0.4) is 0 Å². The summed E-state index contributed by atoms with van der Waals surface area (Å²) in [5, 5.41) is 0. The summed E-state index contributed by atoms with van der Waals surface area (Å²) in [6.45, 7) is 7.58. The maximum absolute atomic E-state index is 6.27. The van der Waals surface area contributed by atoms with Gasteiger partial charge in [0.1, 0.15) is 0 Å². The average molecular weight is 503 g/mol. The zero-order valence-electron chi connectivity index (χ0n) is 19.0. The van der Waals surface area contributed by atoms with Gasteiger partial charge < -0.3 is 0 Å². The van der Waals surface area contributed by atoms with E-state index in [-0.39, 0.29) is 0 Å². The van der Waals surface area contributed by atoms with E-state index in [1.165, 1.54) is 57.4 Å². The Morgan fingerprint density at radius 2 is 1.31 bits per heavy atom. The van der Waals surface area contributed by atoms with Crippen LogP contribution < -0.4 is 13.1 Å². The van der Waals surface area contributed by atoms with Gasteiger partial charge in [0.25, 0.3) is 0 Å². The normalized spacial score (nSPS) is 11.4. The molecule has 29 heavy (non-hydrogen) atoms. The number of hydrogen-bond acceptors (Lipinski definition) is 2. The van der Waals surface area contributed by atoms with Crippen molar-refractivity contribution in [3.8, 4) is 11.5 Å². The van der Waals surface area contributed by atoms with Crippen LogP contribution in [0.25, 0.3) is 0 Å². The van der Waals surface area contributed by atoms with Gasteiger partial charge in [-0.25, -0.2) is 0 Å². The third-order valence-electron chi connectivity index (χ3n) is 6.04. The molecule has 0 aliphatic heterocycles. The standard InChI is InChI=1S/C14H13O2.3C4H9.Sn/c1-15-13-9-5-6-10-14(13)16-11-12-7-3-2-4-8-12;3*1-3-4-2;/h2-5,7-10H,11H2,1H3;3*1,3-4H2,2H3;. The first kappa shape index (κ1) is 24.1. The van der Waals surface area contributed by atoms with Crippen molar-refractivity contribution in [3.63, 3.8) is 0 Å². The van der Waals surface area contributed by atoms with E-state index in [1.807, 2.05) is 6.07 Å². The number of ether oxygens (including phenoxy) is 2. The Kier molecular flexibility index (Phi) is 11.0. The second kappa shape index (κ2) is 13.2. The van der Waals surface area contributed by atoms with Gasteiger partial charge in [0.05, 0.1) is 0 Å². The van der Waals surface area contributed by atoms with E-state index in [0.29, 0.717) is 6.61 Å². The van der Waals surface area contributed by atoms with E-state index < -0.39 is 18.4 Å². The quantitative estimate of drug-likeness (QED) is 0.252. The number of benzene rings is 2. The topological polar surface area (TPSA) is 18.5 Å². The molecular weight excluding hydrogens is 463 g/mol. The van der Waals surface area contributed by atoms with Crippen LogP contribution in [0.15, 0.2) is 48.5 Å². The Morgan fingerprint density at radius 1 is 0.724 bits per heavy atom. The zero-order chi connectivity index (χ0) is 21.0. The Morgan fingerprint density at radius 3 is 1.83 bits per heavy atom. The van der Waals surface area contributed by atoms with Gasteiger partial charge in [0, 0.05) is 0 Å². The number of methoxy groups -OCH3 is 1. The molecule has 0 unspecified atom stereocenters. The monoisotopic (exact) mass is 504 g/mol. The predicted molar refractivity (Wildman–Crippen MR) is 128 cm³/mol. The van der Waals surface area contributed by atoms with Crippen molar-refractivity contribution in [2.75, 3.05) is 7.11 Å². The Balaban J connectivity index is 2.34. The number of hydrogen-bond donors (Lipinski definition) is 0. The van der Waals surface area contributed by atoms with Crippen molar-refractivity contribution in [1.29, 1.82) is 0 Å². The summed E-state index contributed by atoms with van der Waals surface area (Å²) in [6, 6.07) is 17.3. The Bertz CT molecular complexity index is 677. The van der Waals surface area contributed by atoms with Crippen LogP contribution in [0.1, 0.15) is 64.9 Å². The molecule has 0 N–H and O–H groups in total. The number of rotatable bonds is 14. The molecule has 0 radical (unpaired) electrons. The summed E-state index contributed by atoms with van der Waals surface area (Å²) in [6.07, 6.45) is 8.00. The Labute approximate surface area is 182 Å². The van der Waals surface area contributed by atoms with Crippen molar-refractivity contribution in [2.45, 2.75) is 79.2 Å². The predicted octanol–water partition coefficient (Wildman–Crippen LogP) is 7.33. The third-order valence-corrected chi connectivity index (χ3v) is 21.6. The van der Waals surface area contributed by atoms with E-state index in [0.717, 1.165) is 11.5 Å². The van der Waals surface area contributed by atoms with Crippen LogP contribution in [0.4, 0.5) is 0 Å². The first-order chi connectivity index (χ1) is 14.2. The first-order valence-electron chi connectivity index (χ1n) is 11.5. The summed E-state index contributed by atoms with van der Waals surface area (Å²) in [5.74, 6) is 1.77. The van der Waals surface area contributed by atoms with Gasteiger partial charge in [-0.2, -0.15) is 0 Å². The van der Waals surface area contributed by atoms with E-state index in [4.69, 9.17) is 9.47 Å². The first-order valence-corrected chi connectivity index (χ1v) is 19.0. The third kappa shape index (κ3) is 7.24. The minimum atomic E-state index is -2.46. The van der Waals surface area contributed by atoms with Crippen LogP contribution in [0.2, 0.25) is 13.3 Å². The van der Waals surface area contributed by atoms with Gasteiger partial charge in [0.2, 0.25) is 0 Å². The molecule has 0 heterocycles. The van der Waals surface area contributed by atoms with Gasteiger partial charge >= 0.3 is 183 Å². The molecule has 0 spiro atoms. The molecule has 160 valence electrons. The van der Waals surface area contributed by atoms with Crippen molar-refractivity contribution < 1.29 is 9.47 Å².